The van der Waals surface area contributed by atoms with Gasteiger partial charge in [0, 0.05) is 23.4 Å². The molecule has 7 rings (SSSR count). The third kappa shape index (κ3) is 7.43. The largest absolute Gasteiger partial charge is 0.453 e. The molecule has 2 unspecified atom stereocenters. The summed E-state index contributed by atoms with van der Waals surface area (Å²) in [4.78, 5) is 74.0. The number of carbonyl (C=O) groups is 4. The first-order valence-electron chi connectivity index (χ1n) is 19.3. The molecule has 2 aliphatic rings. The zero-order valence-corrected chi connectivity index (χ0v) is 33.7. The van der Waals surface area contributed by atoms with Crippen molar-refractivity contribution in [3.63, 3.8) is 0 Å². The fraction of sp³-hybridized carbons (Fsp3) is 0.463. The number of fused-ring (bicyclic) bond motifs is 3. The highest BCUT2D eigenvalue weighted by Crippen LogP contribution is 2.41. The SMILES string of the molecule is COC(=O)NC(C(=O)N1CCC[C@H]1c1ncc(-c2cc(C)c(-c3ccc4c(ccc5nc([C@@H]6CCCN6C(=O)C(NC(=O)OC)C(C)C)[nH]c54)c3)s2)[nH]1)C(C)C. The van der Waals surface area contributed by atoms with Crippen LogP contribution in [0.25, 0.3) is 42.8 Å². The standard InChI is InChI=1S/C41H50N8O6S/c1-21(2)32(46-40(52)54-6)38(50)48-16-8-10-29(48)36-42-20-28(44-36)31-18-23(5)35(56-31)25-12-14-26-24(19-25)13-15-27-34(26)45-37(43-27)30-11-9-17-49(30)39(51)33(22(3)4)47-41(53)55-7/h12-15,18-22,29-30,32-33H,8-11,16-17H2,1-7H3,(H,42,44)(H,43,45)(H,46,52)(H,47,53)/t29-,30-,32?,33?/m0/s1. The van der Waals surface area contributed by atoms with E-state index in [0.29, 0.717) is 13.1 Å². The number of aryl methyl sites for hydroxylation is 1. The van der Waals surface area contributed by atoms with Crippen LogP contribution in [0, 0.1) is 18.8 Å². The molecule has 56 heavy (non-hydrogen) atoms. The average molecular weight is 783 g/mol. The minimum atomic E-state index is -0.697. The van der Waals surface area contributed by atoms with Crippen molar-refractivity contribution in [2.45, 2.75) is 84.5 Å². The number of alkyl carbamates (subject to hydrolysis) is 2. The van der Waals surface area contributed by atoms with E-state index >= 15 is 0 Å². The topological polar surface area (TPSA) is 175 Å². The molecule has 0 radical (unpaired) electrons. The number of rotatable bonds is 10. The molecule has 0 saturated carbocycles. The quantitative estimate of drug-likeness (QED) is 0.115. The van der Waals surface area contributed by atoms with Crippen LogP contribution in [0.2, 0.25) is 0 Å². The summed E-state index contributed by atoms with van der Waals surface area (Å²) in [7, 11) is 2.59. The van der Waals surface area contributed by atoms with E-state index in [2.05, 4.69) is 57.9 Å². The lowest BCUT2D eigenvalue weighted by molar-refractivity contribution is -0.136. The summed E-state index contributed by atoms with van der Waals surface area (Å²) in [6.07, 6.45) is 3.83. The van der Waals surface area contributed by atoms with E-state index in [1.54, 1.807) is 11.3 Å². The molecule has 5 heterocycles. The summed E-state index contributed by atoms with van der Waals surface area (Å²) < 4.78 is 9.56. The number of H-pyrrole nitrogens is 2. The molecular formula is C41H50N8O6S. The van der Waals surface area contributed by atoms with Gasteiger partial charge in [0.25, 0.3) is 0 Å². The molecular weight excluding hydrogens is 733 g/mol. The molecule has 4 amide bonds. The van der Waals surface area contributed by atoms with Crippen LogP contribution in [-0.4, -0.2) is 93.1 Å². The maximum atomic E-state index is 13.7. The predicted octanol–water partition coefficient (Wildman–Crippen LogP) is 7.23. The molecule has 296 valence electrons. The molecule has 3 aromatic heterocycles. The number of nitrogens with zero attached hydrogens (tertiary/aromatic N) is 4. The first kappa shape index (κ1) is 38.8. The van der Waals surface area contributed by atoms with Gasteiger partial charge in [0.2, 0.25) is 11.8 Å². The smallest absolute Gasteiger partial charge is 0.407 e. The summed E-state index contributed by atoms with van der Waals surface area (Å²) in [5.41, 5.74) is 4.88. The number of ether oxygens (including phenoxy) is 2. The van der Waals surface area contributed by atoms with E-state index in [1.165, 1.54) is 14.2 Å². The molecule has 0 aliphatic carbocycles. The van der Waals surface area contributed by atoms with Crippen LogP contribution in [0.1, 0.15) is 82.7 Å². The van der Waals surface area contributed by atoms with Crippen LogP contribution in [0.3, 0.4) is 0 Å². The van der Waals surface area contributed by atoms with Gasteiger partial charge in [0.15, 0.2) is 0 Å². The normalized spacial score (nSPS) is 18.2. The second kappa shape index (κ2) is 16.0. The Bertz CT molecular complexity index is 2280. The van der Waals surface area contributed by atoms with Crippen molar-refractivity contribution < 1.29 is 28.7 Å². The highest BCUT2D eigenvalue weighted by atomic mass is 32.1. The summed E-state index contributed by atoms with van der Waals surface area (Å²) in [6, 6.07) is 10.9. The van der Waals surface area contributed by atoms with E-state index < -0.39 is 24.3 Å². The Morgan fingerprint density at radius 3 is 2.02 bits per heavy atom. The highest BCUT2D eigenvalue weighted by Gasteiger charge is 2.39. The summed E-state index contributed by atoms with van der Waals surface area (Å²) >= 11 is 1.69. The van der Waals surface area contributed by atoms with Gasteiger partial charge in [-0.3, -0.25) is 9.59 Å². The van der Waals surface area contributed by atoms with Crippen molar-refractivity contribution in [1.29, 1.82) is 0 Å². The van der Waals surface area contributed by atoms with Gasteiger partial charge in [0.1, 0.15) is 23.7 Å². The van der Waals surface area contributed by atoms with Gasteiger partial charge in [-0.05, 0) is 79.2 Å². The number of carbonyl (C=O) groups excluding carboxylic acids is 4. The molecule has 2 saturated heterocycles. The number of aromatic amines is 2. The average Bonchev–Trinajstić information content (AvgIpc) is 4.03. The van der Waals surface area contributed by atoms with Crippen LogP contribution in [-0.2, 0) is 19.1 Å². The number of nitrogens with one attached hydrogen (secondary N) is 4. The fourth-order valence-corrected chi connectivity index (χ4v) is 9.18. The van der Waals surface area contributed by atoms with Crippen LogP contribution in [0.15, 0.2) is 42.6 Å². The van der Waals surface area contributed by atoms with Crippen molar-refractivity contribution in [3.05, 3.63) is 59.8 Å². The zero-order chi connectivity index (χ0) is 39.8. The molecule has 5 aromatic rings. The third-order valence-electron chi connectivity index (χ3n) is 11.0. The second-order valence-corrected chi connectivity index (χ2v) is 16.5. The predicted molar refractivity (Wildman–Crippen MR) is 215 cm³/mol. The Hall–Kier alpha value is -5.44. The maximum absolute atomic E-state index is 13.7. The van der Waals surface area contributed by atoms with Crippen molar-refractivity contribution in [3.8, 4) is 21.0 Å². The van der Waals surface area contributed by atoms with Gasteiger partial charge in [-0.1, -0.05) is 45.9 Å². The number of aromatic nitrogens is 4. The number of thiophene rings is 1. The van der Waals surface area contributed by atoms with E-state index in [4.69, 9.17) is 19.4 Å². The number of imidazole rings is 2. The number of methoxy groups -OCH3 is 2. The maximum Gasteiger partial charge on any atom is 0.407 e. The van der Waals surface area contributed by atoms with Gasteiger partial charge in [-0.2, -0.15) is 0 Å². The minimum absolute atomic E-state index is 0.109. The highest BCUT2D eigenvalue weighted by molar-refractivity contribution is 7.19. The second-order valence-electron chi connectivity index (χ2n) is 15.4. The van der Waals surface area contributed by atoms with Crippen LogP contribution < -0.4 is 10.6 Å². The minimum Gasteiger partial charge on any atom is -0.453 e. The molecule has 0 bridgehead atoms. The van der Waals surface area contributed by atoms with Crippen LogP contribution >= 0.6 is 11.3 Å². The van der Waals surface area contributed by atoms with E-state index in [9.17, 15) is 19.2 Å². The van der Waals surface area contributed by atoms with Gasteiger partial charge in [0.05, 0.1) is 54.1 Å². The van der Waals surface area contributed by atoms with Gasteiger partial charge < -0.3 is 39.9 Å². The van der Waals surface area contributed by atoms with Crippen LogP contribution in [0.4, 0.5) is 9.59 Å². The van der Waals surface area contributed by atoms with Gasteiger partial charge in [-0.15, -0.1) is 11.3 Å². The van der Waals surface area contributed by atoms with Gasteiger partial charge >= 0.3 is 12.2 Å². The lowest BCUT2D eigenvalue weighted by Gasteiger charge is -2.30. The molecule has 14 nitrogen and oxygen atoms in total. The monoisotopic (exact) mass is 782 g/mol. The lowest BCUT2D eigenvalue weighted by Crippen LogP contribution is -2.51. The Balaban J connectivity index is 1.11. The van der Waals surface area contributed by atoms with Crippen LogP contribution in [0.5, 0.6) is 0 Å². The number of amides is 4. The van der Waals surface area contributed by atoms with E-state index in [0.717, 1.165) is 85.7 Å². The number of likely N-dealkylation sites (tertiary alicyclic amines) is 2. The molecule has 2 fully saturated rings. The molecule has 15 heteroatoms. The first-order valence-corrected chi connectivity index (χ1v) is 20.1. The third-order valence-corrected chi connectivity index (χ3v) is 12.3. The van der Waals surface area contributed by atoms with Gasteiger partial charge in [-0.25, -0.2) is 19.6 Å². The Kier molecular flexibility index (Phi) is 11.1. The molecule has 4 N–H and O–H groups in total. The molecule has 0 spiro atoms. The lowest BCUT2D eigenvalue weighted by atomic mass is 10.0. The number of hydrogen-bond donors (Lipinski definition) is 4. The van der Waals surface area contributed by atoms with Crippen molar-refractivity contribution in [2.75, 3.05) is 27.3 Å². The Morgan fingerprint density at radius 2 is 1.43 bits per heavy atom. The molecule has 4 atom stereocenters. The summed E-state index contributed by atoms with van der Waals surface area (Å²) in [5.74, 6) is 0.973. The first-order chi connectivity index (χ1) is 26.9. The van der Waals surface area contributed by atoms with Crippen molar-refractivity contribution in [1.82, 2.24) is 40.4 Å². The molecule has 2 aliphatic heterocycles. The van der Waals surface area contributed by atoms with Crippen molar-refractivity contribution >= 4 is 57.1 Å². The number of hydrogen-bond acceptors (Lipinski definition) is 9. The summed E-state index contributed by atoms with van der Waals surface area (Å²) in [6.45, 7) is 10.9. The van der Waals surface area contributed by atoms with E-state index in [1.807, 2.05) is 49.8 Å². The molecule has 2 aromatic carbocycles. The summed E-state index contributed by atoms with van der Waals surface area (Å²) in [5, 5.41) is 7.53. The zero-order valence-electron chi connectivity index (χ0n) is 32.9. The van der Waals surface area contributed by atoms with E-state index in [-0.39, 0.29) is 35.7 Å². The Morgan fingerprint density at radius 1 is 0.821 bits per heavy atom. The number of benzene rings is 2. The fourth-order valence-electron chi connectivity index (χ4n) is 8.05. The Labute approximate surface area is 329 Å². The van der Waals surface area contributed by atoms with Crippen molar-refractivity contribution in [2.24, 2.45) is 11.8 Å².